The summed E-state index contributed by atoms with van der Waals surface area (Å²) >= 11 is 0. The third-order valence-electron chi connectivity index (χ3n) is 3.93. The Labute approximate surface area is 161 Å². The Kier molecular flexibility index (Phi) is 8.48. The van der Waals surface area contributed by atoms with E-state index in [4.69, 9.17) is 9.47 Å². The highest BCUT2D eigenvalue weighted by Gasteiger charge is 2.06. The van der Waals surface area contributed by atoms with Gasteiger partial charge in [0.25, 0.3) is 0 Å². The van der Waals surface area contributed by atoms with Crippen LogP contribution >= 0.6 is 0 Å². The van der Waals surface area contributed by atoms with Crippen molar-refractivity contribution in [1.82, 2.24) is 20.4 Å². The van der Waals surface area contributed by atoms with Gasteiger partial charge in [-0.3, -0.25) is 9.67 Å². The van der Waals surface area contributed by atoms with E-state index in [1.54, 1.807) is 7.05 Å². The highest BCUT2D eigenvalue weighted by atomic mass is 16.5. The van der Waals surface area contributed by atoms with Crippen molar-refractivity contribution in [3.63, 3.8) is 0 Å². The van der Waals surface area contributed by atoms with Crippen LogP contribution in [0.5, 0.6) is 11.5 Å². The van der Waals surface area contributed by atoms with Gasteiger partial charge in [-0.25, -0.2) is 0 Å². The van der Waals surface area contributed by atoms with Crippen molar-refractivity contribution in [2.45, 2.75) is 33.7 Å². The number of aryl methyl sites for hydroxylation is 1. The molecule has 0 aliphatic heterocycles. The summed E-state index contributed by atoms with van der Waals surface area (Å²) in [6.07, 6.45) is 4.76. The average Bonchev–Trinajstić information content (AvgIpc) is 3.08. The van der Waals surface area contributed by atoms with Crippen molar-refractivity contribution in [2.24, 2.45) is 4.99 Å². The summed E-state index contributed by atoms with van der Waals surface area (Å²) in [5.74, 6) is 2.38. The normalized spacial score (nSPS) is 11.3. The lowest BCUT2D eigenvalue weighted by Crippen LogP contribution is -2.39. The van der Waals surface area contributed by atoms with E-state index in [2.05, 4.69) is 26.8 Å². The summed E-state index contributed by atoms with van der Waals surface area (Å²) in [4.78, 5) is 4.26. The van der Waals surface area contributed by atoms with Crippen LogP contribution in [0.1, 0.15) is 25.0 Å². The highest BCUT2D eigenvalue weighted by Crippen LogP contribution is 2.28. The molecule has 7 heteroatoms. The fourth-order valence-electron chi connectivity index (χ4n) is 2.67. The second-order valence-corrected chi connectivity index (χ2v) is 6.10. The SMILES string of the molecule is CCOc1ccc(CCNC(=NC)NCCn2cc(C)cn2)cc1OCC. The van der Waals surface area contributed by atoms with E-state index in [-0.39, 0.29) is 0 Å². The minimum Gasteiger partial charge on any atom is -0.490 e. The van der Waals surface area contributed by atoms with Crippen LogP contribution in [0.4, 0.5) is 0 Å². The maximum absolute atomic E-state index is 5.69. The number of aliphatic imine (C=N–C) groups is 1. The Bertz CT molecular complexity index is 727. The highest BCUT2D eigenvalue weighted by molar-refractivity contribution is 5.79. The van der Waals surface area contributed by atoms with Crippen LogP contribution in [0.2, 0.25) is 0 Å². The van der Waals surface area contributed by atoms with Gasteiger partial charge in [0.05, 0.1) is 26.0 Å². The molecule has 0 unspecified atom stereocenters. The Morgan fingerprint density at radius 2 is 1.85 bits per heavy atom. The molecular weight excluding hydrogens is 342 g/mol. The standard InChI is InChI=1S/C20H31N5O2/c1-5-26-18-8-7-17(13-19(18)27-6-2)9-10-22-20(21-4)23-11-12-25-15-16(3)14-24-25/h7-8,13-15H,5-6,9-12H2,1-4H3,(H2,21,22,23). The van der Waals surface area contributed by atoms with Crippen molar-refractivity contribution in [3.05, 3.63) is 41.7 Å². The third-order valence-corrected chi connectivity index (χ3v) is 3.93. The van der Waals surface area contributed by atoms with Gasteiger partial charge in [-0.05, 0) is 50.5 Å². The number of rotatable bonds is 10. The molecule has 1 aromatic heterocycles. The lowest BCUT2D eigenvalue weighted by atomic mass is 10.1. The molecule has 0 bridgehead atoms. The maximum Gasteiger partial charge on any atom is 0.191 e. The molecule has 0 spiro atoms. The largest absolute Gasteiger partial charge is 0.490 e. The van der Waals surface area contributed by atoms with Crippen molar-refractivity contribution in [3.8, 4) is 11.5 Å². The Balaban J connectivity index is 1.78. The lowest BCUT2D eigenvalue weighted by molar-refractivity contribution is 0.287. The summed E-state index contributed by atoms with van der Waals surface area (Å²) in [5.41, 5.74) is 2.36. The Morgan fingerprint density at radius 1 is 1.11 bits per heavy atom. The molecule has 0 atom stereocenters. The summed E-state index contributed by atoms with van der Waals surface area (Å²) in [6.45, 7) is 9.57. The molecule has 2 aromatic rings. The monoisotopic (exact) mass is 373 g/mol. The molecule has 1 heterocycles. The van der Waals surface area contributed by atoms with Crippen molar-refractivity contribution in [2.75, 3.05) is 33.4 Å². The first-order chi connectivity index (χ1) is 13.2. The van der Waals surface area contributed by atoms with E-state index in [9.17, 15) is 0 Å². The van der Waals surface area contributed by atoms with Crippen molar-refractivity contribution in [1.29, 1.82) is 0 Å². The number of benzene rings is 1. The zero-order valence-corrected chi connectivity index (χ0v) is 16.8. The van der Waals surface area contributed by atoms with E-state index >= 15 is 0 Å². The number of nitrogens with one attached hydrogen (secondary N) is 2. The van der Waals surface area contributed by atoms with Crippen LogP contribution in [0, 0.1) is 6.92 Å². The van der Waals surface area contributed by atoms with Gasteiger partial charge in [0.1, 0.15) is 0 Å². The molecule has 148 valence electrons. The van der Waals surface area contributed by atoms with Gasteiger partial charge in [-0.1, -0.05) is 6.07 Å². The smallest absolute Gasteiger partial charge is 0.191 e. The fourth-order valence-corrected chi connectivity index (χ4v) is 2.67. The molecule has 2 rings (SSSR count). The molecule has 0 amide bonds. The van der Waals surface area contributed by atoms with Crippen LogP contribution in [0.3, 0.4) is 0 Å². The minimum absolute atomic E-state index is 0.619. The van der Waals surface area contributed by atoms with Gasteiger partial charge in [0.15, 0.2) is 17.5 Å². The molecule has 2 N–H and O–H groups in total. The summed E-state index contributed by atoms with van der Waals surface area (Å²) in [7, 11) is 1.78. The number of ether oxygens (including phenoxy) is 2. The van der Waals surface area contributed by atoms with E-state index in [0.717, 1.165) is 43.5 Å². The summed E-state index contributed by atoms with van der Waals surface area (Å²) in [5, 5.41) is 10.9. The molecule has 7 nitrogen and oxygen atoms in total. The lowest BCUT2D eigenvalue weighted by Gasteiger charge is -2.14. The van der Waals surface area contributed by atoms with E-state index in [0.29, 0.717) is 13.2 Å². The number of guanidine groups is 1. The molecule has 0 radical (unpaired) electrons. The number of nitrogens with zero attached hydrogens (tertiary/aromatic N) is 3. The van der Waals surface area contributed by atoms with Crippen LogP contribution < -0.4 is 20.1 Å². The number of aromatic nitrogens is 2. The quantitative estimate of drug-likeness (QED) is 0.494. The molecule has 0 fully saturated rings. The van der Waals surface area contributed by atoms with Crippen molar-refractivity contribution < 1.29 is 9.47 Å². The Hall–Kier alpha value is -2.70. The van der Waals surface area contributed by atoms with Crippen LogP contribution in [0.25, 0.3) is 0 Å². The van der Waals surface area contributed by atoms with Gasteiger partial charge in [0, 0.05) is 26.3 Å². The fraction of sp³-hybridized carbons (Fsp3) is 0.500. The van der Waals surface area contributed by atoms with E-state index < -0.39 is 0 Å². The average molecular weight is 374 g/mol. The maximum atomic E-state index is 5.69. The van der Waals surface area contributed by atoms with Gasteiger partial charge in [0.2, 0.25) is 0 Å². The molecule has 0 aliphatic rings. The molecule has 0 aliphatic carbocycles. The molecule has 27 heavy (non-hydrogen) atoms. The van der Waals surface area contributed by atoms with Crippen LogP contribution in [-0.4, -0.2) is 49.1 Å². The predicted octanol–water partition coefficient (Wildman–Crippen LogP) is 2.40. The molecule has 1 aromatic carbocycles. The zero-order valence-electron chi connectivity index (χ0n) is 16.8. The first-order valence-electron chi connectivity index (χ1n) is 9.48. The summed E-state index contributed by atoms with van der Waals surface area (Å²) < 4.78 is 13.2. The topological polar surface area (TPSA) is 72.7 Å². The van der Waals surface area contributed by atoms with Gasteiger partial charge in [-0.15, -0.1) is 0 Å². The van der Waals surface area contributed by atoms with Crippen molar-refractivity contribution >= 4 is 5.96 Å². The summed E-state index contributed by atoms with van der Waals surface area (Å²) in [6, 6.07) is 6.10. The molecule has 0 saturated carbocycles. The first-order valence-corrected chi connectivity index (χ1v) is 9.48. The second kappa shape index (κ2) is 11.1. The number of hydrogen-bond donors (Lipinski definition) is 2. The first kappa shape index (κ1) is 20.6. The molecular formula is C20H31N5O2. The van der Waals surface area contributed by atoms with Gasteiger partial charge < -0.3 is 20.1 Å². The van der Waals surface area contributed by atoms with Crippen LogP contribution in [-0.2, 0) is 13.0 Å². The van der Waals surface area contributed by atoms with Gasteiger partial charge in [-0.2, -0.15) is 5.10 Å². The third kappa shape index (κ3) is 6.84. The van der Waals surface area contributed by atoms with E-state index in [1.165, 1.54) is 11.1 Å². The predicted molar refractivity (Wildman–Crippen MR) is 109 cm³/mol. The second-order valence-electron chi connectivity index (χ2n) is 6.10. The minimum atomic E-state index is 0.619. The molecule has 0 saturated heterocycles. The Morgan fingerprint density at radius 3 is 2.52 bits per heavy atom. The zero-order chi connectivity index (χ0) is 19.5. The van der Waals surface area contributed by atoms with Crippen LogP contribution in [0.15, 0.2) is 35.6 Å². The van der Waals surface area contributed by atoms with E-state index in [1.807, 2.05) is 50.0 Å². The number of hydrogen-bond acceptors (Lipinski definition) is 4. The van der Waals surface area contributed by atoms with Gasteiger partial charge >= 0.3 is 0 Å².